The Morgan fingerprint density at radius 3 is 2.38 bits per heavy atom. The van der Waals surface area contributed by atoms with Gasteiger partial charge in [-0.1, -0.05) is 13.8 Å². The van der Waals surface area contributed by atoms with Crippen molar-refractivity contribution in [2.24, 2.45) is 0 Å². The molecule has 1 rings (SSSR count). The summed E-state index contributed by atoms with van der Waals surface area (Å²) in [5, 5.41) is 18.6. The minimum Gasteiger partial charge on any atom is -0.505 e. The van der Waals surface area contributed by atoms with E-state index in [2.05, 4.69) is 0 Å². The fraction of sp³-hybridized carbons (Fsp3) is 0.250. The van der Waals surface area contributed by atoms with E-state index in [0.29, 0.717) is 6.07 Å². The summed E-state index contributed by atoms with van der Waals surface area (Å²) in [6.07, 6.45) is 0. The van der Waals surface area contributed by atoms with Gasteiger partial charge in [0, 0.05) is 6.07 Å². The molecule has 1 N–H and O–H groups in total. The molecule has 0 amide bonds. The summed E-state index contributed by atoms with van der Waals surface area (Å²) in [7, 11) is 0. The van der Waals surface area contributed by atoms with Gasteiger partial charge in [-0.25, -0.2) is 4.39 Å². The first-order valence-corrected chi connectivity index (χ1v) is 3.74. The van der Waals surface area contributed by atoms with Gasteiger partial charge in [-0.3, -0.25) is 10.1 Å². The Kier molecular flexibility index (Phi) is 4.43. The van der Waals surface area contributed by atoms with Crippen LogP contribution in [0.2, 0.25) is 0 Å². The van der Waals surface area contributed by atoms with Crippen LogP contribution in [0.15, 0.2) is 18.2 Å². The van der Waals surface area contributed by atoms with Gasteiger partial charge in [0.05, 0.1) is 11.0 Å². The Morgan fingerprint density at radius 2 is 2.00 bits per heavy atom. The van der Waals surface area contributed by atoms with E-state index >= 15 is 0 Å². The van der Waals surface area contributed by atoms with E-state index in [1.165, 1.54) is 0 Å². The van der Waals surface area contributed by atoms with Gasteiger partial charge in [0.15, 0.2) is 11.6 Å². The predicted octanol–water partition coefficient (Wildman–Crippen LogP) is 2.47. The maximum absolute atomic E-state index is 12.4. The maximum Gasteiger partial charge on any atom is 0.272 e. The van der Waals surface area contributed by atoms with Gasteiger partial charge in [0.25, 0.3) is 5.69 Å². The third-order valence-corrected chi connectivity index (χ3v) is 1.14. The zero-order chi connectivity index (χ0) is 10.4. The summed E-state index contributed by atoms with van der Waals surface area (Å²) in [4.78, 5) is 9.29. The molecule has 0 radical (unpaired) electrons. The minimum absolute atomic E-state index is 0.375. The van der Waals surface area contributed by atoms with Gasteiger partial charge in [0.2, 0.25) is 0 Å². The Hall–Kier alpha value is -1.65. The molecule has 0 aromatic heterocycles. The summed E-state index contributed by atoms with van der Waals surface area (Å²) in [5.74, 6) is -1.57. The van der Waals surface area contributed by atoms with Crippen LogP contribution in [0.4, 0.5) is 10.1 Å². The first-order chi connectivity index (χ1) is 6.11. The second-order valence-corrected chi connectivity index (χ2v) is 1.89. The molecule has 4 nitrogen and oxygen atoms in total. The zero-order valence-corrected chi connectivity index (χ0v) is 7.32. The number of halogens is 1. The maximum atomic E-state index is 12.4. The molecule has 1 aromatic rings. The molecule has 13 heavy (non-hydrogen) atoms. The number of rotatable bonds is 1. The van der Waals surface area contributed by atoms with Crippen LogP contribution in [0.5, 0.6) is 5.75 Å². The number of nitro benzene ring substituents is 1. The molecule has 0 bridgehead atoms. The highest BCUT2D eigenvalue weighted by atomic mass is 19.1. The monoisotopic (exact) mass is 187 g/mol. The van der Waals surface area contributed by atoms with Crippen LogP contribution < -0.4 is 0 Å². The first-order valence-electron chi connectivity index (χ1n) is 3.74. The number of phenols is 1. The Morgan fingerprint density at radius 1 is 1.46 bits per heavy atom. The lowest BCUT2D eigenvalue weighted by molar-refractivity contribution is -0.385. The van der Waals surface area contributed by atoms with Gasteiger partial charge < -0.3 is 5.11 Å². The average molecular weight is 187 g/mol. The summed E-state index contributed by atoms with van der Waals surface area (Å²) in [6.45, 7) is 4.00. The van der Waals surface area contributed by atoms with Crippen molar-refractivity contribution in [2.45, 2.75) is 13.8 Å². The lowest BCUT2D eigenvalue weighted by Gasteiger charge is -1.93. The quantitative estimate of drug-likeness (QED) is 0.542. The lowest BCUT2D eigenvalue weighted by Crippen LogP contribution is -1.88. The molecule has 0 aliphatic heterocycles. The summed E-state index contributed by atoms with van der Waals surface area (Å²) in [6, 6.07) is 2.63. The number of nitro groups is 1. The van der Waals surface area contributed by atoms with E-state index in [0.717, 1.165) is 12.1 Å². The lowest BCUT2D eigenvalue weighted by atomic mass is 10.3. The summed E-state index contributed by atoms with van der Waals surface area (Å²) in [5.41, 5.74) is -0.375. The van der Waals surface area contributed by atoms with Crippen molar-refractivity contribution in [3.05, 3.63) is 34.1 Å². The van der Waals surface area contributed by atoms with Crippen LogP contribution in [0.25, 0.3) is 0 Å². The highest BCUT2D eigenvalue weighted by Gasteiger charge is 2.08. The van der Waals surface area contributed by atoms with Crippen molar-refractivity contribution in [1.82, 2.24) is 0 Å². The van der Waals surface area contributed by atoms with Gasteiger partial charge >= 0.3 is 0 Å². The van der Waals surface area contributed by atoms with Gasteiger partial charge in [-0.15, -0.1) is 0 Å². The molecule has 0 spiro atoms. The van der Waals surface area contributed by atoms with E-state index in [4.69, 9.17) is 5.11 Å². The van der Waals surface area contributed by atoms with E-state index in [9.17, 15) is 14.5 Å². The van der Waals surface area contributed by atoms with Crippen molar-refractivity contribution >= 4 is 5.69 Å². The first kappa shape index (κ1) is 11.4. The standard InChI is InChI=1S/C6H4FNO3.C2H6/c7-5-3-4(8(10)11)1-2-6(5)9;1-2/h1-3,9H;1-2H3. The van der Waals surface area contributed by atoms with Crippen molar-refractivity contribution in [2.75, 3.05) is 0 Å². The number of nitrogens with zero attached hydrogens (tertiary/aromatic N) is 1. The second kappa shape index (κ2) is 5.08. The minimum atomic E-state index is -0.987. The average Bonchev–Trinajstić information content (AvgIpc) is 2.13. The van der Waals surface area contributed by atoms with Crippen LogP contribution in [0.1, 0.15) is 13.8 Å². The van der Waals surface area contributed by atoms with Gasteiger partial charge in [0.1, 0.15) is 0 Å². The highest BCUT2D eigenvalue weighted by molar-refractivity contribution is 5.36. The van der Waals surface area contributed by atoms with E-state index < -0.39 is 16.5 Å². The fourth-order valence-corrected chi connectivity index (χ4v) is 0.609. The number of phenolic OH excluding ortho intramolecular Hbond substituents is 1. The van der Waals surface area contributed by atoms with Crippen LogP contribution in [-0.2, 0) is 0 Å². The number of non-ortho nitro benzene ring substituents is 1. The number of benzene rings is 1. The van der Waals surface area contributed by atoms with Crippen LogP contribution in [-0.4, -0.2) is 10.0 Å². The molecule has 0 atom stereocenters. The van der Waals surface area contributed by atoms with Crippen molar-refractivity contribution in [3.63, 3.8) is 0 Å². The van der Waals surface area contributed by atoms with Crippen LogP contribution in [0, 0.1) is 15.9 Å². The van der Waals surface area contributed by atoms with Gasteiger partial charge in [-0.2, -0.15) is 0 Å². The molecule has 0 unspecified atom stereocenters. The van der Waals surface area contributed by atoms with Gasteiger partial charge in [-0.05, 0) is 6.07 Å². The largest absolute Gasteiger partial charge is 0.505 e. The Bertz CT molecular complexity index is 301. The van der Waals surface area contributed by atoms with Crippen molar-refractivity contribution in [1.29, 1.82) is 0 Å². The highest BCUT2D eigenvalue weighted by Crippen LogP contribution is 2.20. The molecule has 0 fully saturated rings. The SMILES string of the molecule is CC.O=[N+]([O-])c1ccc(O)c(F)c1. The molecule has 72 valence electrons. The van der Waals surface area contributed by atoms with E-state index in [-0.39, 0.29) is 5.69 Å². The number of aromatic hydroxyl groups is 1. The predicted molar refractivity (Wildman–Crippen MR) is 46.1 cm³/mol. The molecule has 0 aliphatic carbocycles. The molecule has 0 saturated heterocycles. The Balaban J connectivity index is 0.000000671. The molecule has 5 heteroatoms. The normalized spacial score (nSPS) is 8.54. The number of hydrogen-bond acceptors (Lipinski definition) is 3. The Labute approximate surface area is 74.8 Å². The van der Waals surface area contributed by atoms with Crippen molar-refractivity contribution in [3.8, 4) is 5.75 Å². The smallest absolute Gasteiger partial charge is 0.272 e. The van der Waals surface area contributed by atoms with Crippen LogP contribution in [0.3, 0.4) is 0 Å². The van der Waals surface area contributed by atoms with Crippen LogP contribution >= 0.6 is 0 Å². The molecule has 0 aliphatic rings. The fourth-order valence-electron chi connectivity index (χ4n) is 0.609. The summed E-state index contributed by atoms with van der Waals surface area (Å²) >= 11 is 0. The molecule has 1 aromatic carbocycles. The third kappa shape index (κ3) is 3.06. The molecule has 0 saturated carbocycles. The molecule has 0 heterocycles. The van der Waals surface area contributed by atoms with E-state index in [1.807, 2.05) is 13.8 Å². The summed E-state index contributed by atoms with van der Waals surface area (Å²) < 4.78 is 12.4. The molecular formula is C8H10FNO3. The topological polar surface area (TPSA) is 63.4 Å². The van der Waals surface area contributed by atoms with E-state index in [1.54, 1.807) is 0 Å². The second-order valence-electron chi connectivity index (χ2n) is 1.89. The number of hydrogen-bond donors (Lipinski definition) is 1. The van der Waals surface area contributed by atoms with Crippen molar-refractivity contribution < 1.29 is 14.4 Å². The third-order valence-electron chi connectivity index (χ3n) is 1.14. The molecular weight excluding hydrogens is 177 g/mol. The zero-order valence-electron chi connectivity index (χ0n) is 7.32.